The highest BCUT2D eigenvalue weighted by Gasteiger charge is 2.14. The lowest BCUT2D eigenvalue weighted by Gasteiger charge is -2.20. The lowest BCUT2D eigenvalue weighted by atomic mass is 9.99. The number of benzene rings is 1. The van der Waals surface area contributed by atoms with Crippen molar-refractivity contribution in [2.45, 2.75) is 19.4 Å². The number of nitrogens with zero attached hydrogens (tertiary/aromatic N) is 1. The van der Waals surface area contributed by atoms with Crippen LogP contribution in [-0.2, 0) is 6.42 Å². The summed E-state index contributed by atoms with van der Waals surface area (Å²) in [6, 6.07) is 8.29. The van der Waals surface area contributed by atoms with Gasteiger partial charge in [-0.2, -0.15) is 0 Å². The molecule has 0 bridgehead atoms. The van der Waals surface area contributed by atoms with Crippen LogP contribution in [0.25, 0.3) is 0 Å². The molecule has 0 aliphatic rings. The molecule has 5 heteroatoms. The Balaban J connectivity index is 2.26. The zero-order valence-electron chi connectivity index (χ0n) is 12.1. The minimum atomic E-state index is 0.192. The molecule has 1 N–H and O–H groups in total. The molecule has 0 amide bonds. The Morgan fingerprint density at radius 1 is 1.38 bits per heavy atom. The highest BCUT2D eigenvalue weighted by Crippen LogP contribution is 2.30. The summed E-state index contributed by atoms with van der Waals surface area (Å²) >= 11 is 9.75. The smallest absolute Gasteiger partial charge is 0.133 e. The first-order chi connectivity index (χ1) is 10.2. The van der Waals surface area contributed by atoms with E-state index < -0.39 is 0 Å². The molecule has 0 radical (unpaired) electrons. The van der Waals surface area contributed by atoms with Gasteiger partial charge in [-0.25, -0.2) is 0 Å². The molecule has 3 nitrogen and oxygen atoms in total. The zero-order chi connectivity index (χ0) is 15.2. The van der Waals surface area contributed by atoms with Crippen molar-refractivity contribution in [3.8, 4) is 5.75 Å². The maximum absolute atomic E-state index is 6.22. The second-order valence-corrected chi connectivity index (χ2v) is 5.94. The lowest BCUT2D eigenvalue weighted by Crippen LogP contribution is -2.23. The largest absolute Gasteiger partial charge is 0.496 e. The Bertz CT molecular complexity index is 607. The Morgan fingerprint density at radius 3 is 2.81 bits per heavy atom. The standard InChI is InChI=1S/C16H18BrClN2O/c1-3-20-15(9-11-6-7-19-10-14(11)18)12-4-5-16(21-2)13(17)8-12/h4-8,10,15,20H,3,9H2,1-2H3. The summed E-state index contributed by atoms with van der Waals surface area (Å²) in [5.74, 6) is 0.830. The molecule has 1 unspecified atom stereocenters. The summed E-state index contributed by atoms with van der Waals surface area (Å²) in [5, 5.41) is 4.20. The van der Waals surface area contributed by atoms with E-state index in [0.29, 0.717) is 5.02 Å². The van der Waals surface area contributed by atoms with Crippen LogP contribution in [0.2, 0.25) is 5.02 Å². The van der Waals surface area contributed by atoms with Gasteiger partial charge in [-0.3, -0.25) is 4.98 Å². The maximum atomic E-state index is 6.22. The van der Waals surface area contributed by atoms with Gasteiger partial charge in [0.2, 0.25) is 0 Å². The summed E-state index contributed by atoms with van der Waals surface area (Å²) in [6.07, 6.45) is 4.27. The van der Waals surface area contributed by atoms with Crippen LogP contribution in [0.1, 0.15) is 24.1 Å². The minimum absolute atomic E-state index is 0.192. The summed E-state index contributed by atoms with van der Waals surface area (Å²) in [5.41, 5.74) is 2.28. The molecular formula is C16H18BrClN2O. The number of halogens is 2. The second-order valence-electron chi connectivity index (χ2n) is 4.68. The second kappa shape index (κ2) is 7.78. The van der Waals surface area contributed by atoms with Gasteiger partial charge in [0, 0.05) is 18.4 Å². The van der Waals surface area contributed by atoms with Crippen molar-refractivity contribution in [3.05, 3.63) is 57.3 Å². The highest BCUT2D eigenvalue weighted by atomic mass is 79.9. The number of likely N-dealkylation sites (N-methyl/N-ethyl adjacent to an activating group) is 1. The number of hydrogen-bond donors (Lipinski definition) is 1. The predicted octanol–water partition coefficient (Wildman–Crippen LogP) is 4.40. The molecule has 0 saturated heterocycles. The molecule has 0 fully saturated rings. The van der Waals surface area contributed by atoms with Crippen molar-refractivity contribution < 1.29 is 4.74 Å². The predicted molar refractivity (Wildman–Crippen MR) is 90.1 cm³/mol. The van der Waals surface area contributed by atoms with E-state index in [2.05, 4.69) is 45.3 Å². The fourth-order valence-corrected chi connectivity index (χ4v) is 3.00. The van der Waals surface area contributed by atoms with Crippen LogP contribution in [0.5, 0.6) is 5.75 Å². The van der Waals surface area contributed by atoms with Gasteiger partial charge in [-0.1, -0.05) is 24.6 Å². The Hall–Kier alpha value is -1.10. The van der Waals surface area contributed by atoms with Crippen molar-refractivity contribution in [2.24, 2.45) is 0 Å². The summed E-state index contributed by atoms with van der Waals surface area (Å²) in [4.78, 5) is 4.03. The quantitative estimate of drug-likeness (QED) is 0.819. The van der Waals surface area contributed by atoms with Crippen molar-refractivity contribution in [2.75, 3.05) is 13.7 Å². The van der Waals surface area contributed by atoms with Gasteiger partial charge in [-0.05, 0) is 58.2 Å². The van der Waals surface area contributed by atoms with Gasteiger partial charge in [0.25, 0.3) is 0 Å². The first kappa shape index (κ1) is 16.3. The lowest BCUT2D eigenvalue weighted by molar-refractivity contribution is 0.411. The molecule has 112 valence electrons. The maximum Gasteiger partial charge on any atom is 0.133 e. The molecule has 1 heterocycles. The molecule has 2 rings (SSSR count). The Kier molecular flexibility index (Phi) is 6.03. The fourth-order valence-electron chi connectivity index (χ4n) is 2.24. The summed E-state index contributed by atoms with van der Waals surface area (Å²) in [6.45, 7) is 2.98. The van der Waals surface area contributed by atoms with E-state index in [1.807, 2.05) is 12.1 Å². The highest BCUT2D eigenvalue weighted by molar-refractivity contribution is 9.10. The van der Waals surface area contributed by atoms with E-state index in [-0.39, 0.29) is 6.04 Å². The van der Waals surface area contributed by atoms with Gasteiger partial charge in [0.1, 0.15) is 5.75 Å². The minimum Gasteiger partial charge on any atom is -0.496 e. The first-order valence-electron chi connectivity index (χ1n) is 6.81. The SMILES string of the molecule is CCNC(Cc1ccncc1Cl)c1ccc(OC)c(Br)c1. The van der Waals surface area contributed by atoms with E-state index in [0.717, 1.165) is 28.8 Å². The summed E-state index contributed by atoms with van der Waals surface area (Å²) < 4.78 is 6.23. The molecule has 0 saturated carbocycles. The molecule has 21 heavy (non-hydrogen) atoms. The van der Waals surface area contributed by atoms with Crippen molar-refractivity contribution >= 4 is 27.5 Å². The average molecular weight is 370 g/mol. The molecule has 1 atom stereocenters. The molecule has 1 aromatic heterocycles. The fraction of sp³-hybridized carbons (Fsp3) is 0.312. The molecule has 2 aromatic rings. The number of rotatable bonds is 6. The molecule has 1 aromatic carbocycles. The van der Waals surface area contributed by atoms with Crippen LogP contribution in [0.15, 0.2) is 41.1 Å². The molecular weight excluding hydrogens is 352 g/mol. The van der Waals surface area contributed by atoms with E-state index >= 15 is 0 Å². The van der Waals surface area contributed by atoms with Crippen LogP contribution in [0, 0.1) is 0 Å². The molecule has 0 spiro atoms. The Morgan fingerprint density at radius 2 is 2.19 bits per heavy atom. The number of ether oxygens (including phenoxy) is 1. The van der Waals surface area contributed by atoms with E-state index in [1.165, 1.54) is 5.56 Å². The average Bonchev–Trinajstić information content (AvgIpc) is 2.49. The number of hydrogen-bond acceptors (Lipinski definition) is 3. The van der Waals surface area contributed by atoms with Crippen LogP contribution in [0.4, 0.5) is 0 Å². The first-order valence-corrected chi connectivity index (χ1v) is 7.98. The summed E-state index contributed by atoms with van der Waals surface area (Å²) in [7, 11) is 1.66. The third kappa shape index (κ3) is 4.19. The monoisotopic (exact) mass is 368 g/mol. The third-order valence-electron chi connectivity index (χ3n) is 3.31. The molecule has 0 aliphatic carbocycles. The van der Waals surface area contributed by atoms with E-state index in [1.54, 1.807) is 19.5 Å². The zero-order valence-corrected chi connectivity index (χ0v) is 14.4. The van der Waals surface area contributed by atoms with Gasteiger partial charge in [0.15, 0.2) is 0 Å². The van der Waals surface area contributed by atoms with E-state index in [4.69, 9.17) is 16.3 Å². The number of methoxy groups -OCH3 is 1. The normalized spacial score (nSPS) is 12.2. The van der Waals surface area contributed by atoms with Crippen LogP contribution in [0.3, 0.4) is 0 Å². The van der Waals surface area contributed by atoms with Crippen LogP contribution >= 0.6 is 27.5 Å². The van der Waals surface area contributed by atoms with Crippen molar-refractivity contribution in [1.82, 2.24) is 10.3 Å². The van der Waals surface area contributed by atoms with Crippen LogP contribution < -0.4 is 10.1 Å². The third-order valence-corrected chi connectivity index (χ3v) is 4.27. The number of aromatic nitrogens is 1. The molecule has 0 aliphatic heterocycles. The van der Waals surface area contributed by atoms with Crippen LogP contribution in [-0.4, -0.2) is 18.6 Å². The van der Waals surface area contributed by atoms with Gasteiger partial charge in [-0.15, -0.1) is 0 Å². The van der Waals surface area contributed by atoms with Gasteiger partial charge < -0.3 is 10.1 Å². The number of nitrogens with one attached hydrogen (secondary N) is 1. The van der Waals surface area contributed by atoms with Crippen molar-refractivity contribution in [1.29, 1.82) is 0 Å². The van der Waals surface area contributed by atoms with E-state index in [9.17, 15) is 0 Å². The van der Waals surface area contributed by atoms with Crippen molar-refractivity contribution in [3.63, 3.8) is 0 Å². The number of pyridine rings is 1. The van der Waals surface area contributed by atoms with Gasteiger partial charge in [0.05, 0.1) is 16.6 Å². The Labute approximate surface area is 138 Å². The topological polar surface area (TPSA) is 34.2 Å². The van der Waals surface area contributed by atoms with Gasteiger partial charge >= 0.3 is 0 Å².